The molecule has 0 saturated heterocycles. The van der Waals surface area contributed by atoms with Gasteiger partial charge in [0.1, 0.15) is 5.52 Å². The average molecular weight is 178 g/mol. The van der Waals surface area contributed by atoms with Crippen molar-refractivity contribution in [3.63, 3.8) is 0 Å². The van der Waals surface area contributed by atoms with Crippen molar-refractivity contribution < 1.29 is 4.39 Å². The lowest BCUT2D eigenvalue weighted by atomic mass is 10.3. The van der Waals surface area contributed by atoms with Crippen LogP contribution in [0, 0.1) is 5.82 Å². The number of fused-ring (bicyclic) bond motifs is 1. The van der Waals surface area contributed by atoms with Crippen LogP contribution in [0.15, 0.2) is 23.3 Å². The second-order valence-corrected chi connectivity index (χ2v) is 2.54. The number of nitrogens with zero attached hydrogens (tertiary/aromatic N) is 2. The maximum atomic E-state index is 13.1. The van der Waals surface area contributed by atoms with Gasteiger partial charge < -0.3 is 10.8 Å². The van der Waals surface area contributed by atoms with Gasteiger partial charge in [0.25, 0.3) is 0 Å². The zero-order valence-corrected chi connectivity index (χ0v) is 6.66. The first-order chi connectivity index (χ1) is 6.31. The number of hydrazone groups is 1. The number of hydrogen-bond acceptors (Lipinski definition) is 3. The molecule has 66 valence electrons. The SMILES string of the molecule is N/N=C/c1nc2c(F)cccc2[nH]1. The molecule has 0 bridgehead atoms. The first-order valence-electron chi connectivity index (χ1n) is 3.69. The molecule has 2 rings (SSSR count). The molecule has 2 aromatic rings. The van der Waals surface area contributed by atoms with E-state index in [4.69, 9.17) is 5.84 Å². The molecule has 0 saturated carbocycles. The number of nitrogens with two attached hydrogens (primary N) is 1. The standard InChI is InChI=1S/C8H7FN4/c9-5-2-1-3-6-8(5)13-7(12-6)4-11-10/h1-4H,10H2,(H,12,13)/b11-4+. The number of aromatic nitrogens is 2. The summed E-state index contributed by atoms with van der Waals surface area (Å²) in [5.74, 6) is 5.03. The Kier molecular flexibility index (Phi) is 1.70. The summed E-state index contributed by atoms with van der Waals surface area (Å²) in [4.78, 5) is 6.80. The molecule has 0 unspecified atom stereocenters. The summed E-state index contributed by atoms with van der Waals surface area (Å²) in [5.41, 5.74) is 0.937. The molecule has 0 aliphatic carbocycles. The molecular weight excluding hydrogens is 171 g/mol. The van der Waals surface area contributed by atoms with Gasteiger partial charge in [0.2, 0.25) is 0 Å². The van der Waals surface area contributed by atoms with Crippen LogP contribution >= 0.6 is 0 Å². The molecule has 0 atom stereocenters. The summed E-state index contributed by atoms with van der Waals surface area (Å²) >= 11 is 0. The Bertz CT molecular complexity index is 460. The predicted octanol–water partition coefficient (Wildman–Crippen LogP) is 0.995. The van der Waals surface area contributed by atoms with E-state index in [1.807, 2.05) is 0 Å². The predicted molar refractivity (Wildman–Crippen MR) is 47.8 cm³/mol. The van der Waals surface area contributed by atoms with E-state index in [1.165, 1.54) is 12.3 Å². The third kappa shape index (κ3) is 1.24. The van der Waals surface area contributed by atoms with Crippen LogP contribution in [0.1, 0.15) is 5.82 Å². The maximum absolute atomic E-state index is 13.1. The summed E-state index contributed by atoms with van der Waals surface area (Å²) in [7, 11) is 0. The maximum Gasteiger partial charge on any atom is 0.151 e. The molecule has 0 aliphatic heterocycles. The summed E-state index contributed by atoms with van der Waals surface area (Å²) in [6.45, 7) is 0. The molecular formula is C8H7FN4. The number of aromatic amines is 1. The van der Waals surface area contributed by atoms with Gasteiger partial charge in [-0.05, 0) is 12.1 Å². The van der Waals surface area contributed by atoms with Crippen LogP contribution < -0.4 is 5.84 Å². The largest absolute Gasteiger partial charge is 0.337 e. The van der Waals surface area contributed by atoms with Gasteiger partial charge in [0.15, 0.2) is 11.6 Å². The zero-order chi connectivity index (χ0) is 9.26. The molecule has 5 heteroatoms. The highest BCUT2D eigenvalue weighted by molar-refractivity contribution is 5.83. The number of halogens is 1. The highest BCUT2D eigenvalue weighted by Crippen LogP contribution is 2.13. The van der Waals surface area contributed by atoms with E-state index in [0.29, 0.717) is 16.9 Å². The van der Waals surface area contributed by atoms with Gasteiger partial charge in [0.05, 0.1) is 11.7 Å². The monoisotopic (exact) mass is 178 g/mol. The molecule has 13 heavy (non-hydrogen) atoms. The van der Waals surface area contributed by atoms with Crippen LogP contribution in [0.25, 0.3) is 11.0 Å². The van der Waals surface area contributed by atoms with Crippen LogP contribution in [0.5, 0.6) is 0 Å². The molecule has 1 aromatic carbocycles. The second kappa shape index (κ2) is 2.85. The molecule has 0 fully saturated rings. The Morgan fingerprint density at radius 2 is 2.38 bits per heavy atom. The summed E-state index contributed by atoms with van der Waals surface area (Å²) in [6.07, 6.45) is 1.33. The van der Waals surface area contributed by atoms with Crippen molar-refractivity contribution in [2.24, 2.45) is 10.9 Å². The molecule has 1 heterocycles. The van der Waals surface area contributed by atoms with E-state index in [1.54, 1.807) is 12.1 Å². The molecule has 3 N–H and O–H groups in total. The summed E-state index contributed by atoms with van der Waals surface area (Å²) in [6, 6.07) is 4.70. The van der Waals surface area contributed by atoms with E-state index in [2.05, 4.69) is 15.1 Å². The number of rotatable bonds is 1. The van der Waals surface area contributed by atoms with Gasteiger partial charge in [-0.15, -0.1) is 0 Å². The lowest BCUT2D eigenvalue weighted by Crippen LogP contribution is -1.87. The Labute approximate surface area is 73.3 Å². The normalized spacial score (nSPS) is 11.5. The van der Waals surface area contributed by atoms with Crippen LogP contribution in [0.4, 0.5) is 4.39 Å². The summed E-state index contributed by atoms with van der Waals surface area (Å²) in [5, 5.41) is 3.29. The van der Waals surface area contributed by atoms with E-state index in [9.17, 15) is 4.39 Å². The number of imidazole rings is 1. The van der Waals surface area contributed by atoms with Gasteiger partial charge >= 0.3 is 0 Å². The fourth-order valence-electron chi connectivity index (χ4n) is 1.15. The van der Waals surface area contributed by atoms with Gasteiger partial charge in [-0.2, -0.15) is 5.10 Å². The third-order valence-corrected chi connectivity index (χ3v) is 1.68. The van der Waals surface area contributed by atoms with Crippen LogP contribution in [0.2, 0.25) is 0 Å². The first kappa shape index (κ1) is 7.72. The van der Waals surface area contributed by atoms with Gasteiger partial charge in [-0.1, -0.05) is 6.07 Å². The van der Waals surface area contributed by atoms with Crippen molar-refractivity contribution in [2.75, 3.05) is 0 Å². The minimum absolute atomic E-state index is 0.303. The smallest absolute Gasteiger partial charge is 0.151 e. The number of H-pyrrole nitrogens is 1. The van der Waals surface area contributed by atoms with Gasteiger partial charge in [-0.25, -0.2) is 9.37 Å². The topological polar surface area (TPSA) is 67.1 Å². The Morgan fingerprint density at radius 1 is 1.54 bits per heavy atom. The van der Waals surface area contributed by atoms with Crippen molar-refractivity contribution in [3.05, 3.63) is 29.8 Å². The number of hydrogen-bond donors (Lipinski definition) is 2. The van der Waals surface area contributed by atoms with Crippen LogP contribution in [0.3, 0.4) is 0 Å². The van der Waals surface area contributed by atoms with Crippen molar-refractivity contribution in [3.8, 4) is 0 Å². The molecule has 0 radical (unpaired) electrons. The van der Waals surface area contributed by atoms with Crippen molar-refractivity contribution >= 4 is 17.2 Å². The van der Waals surface area contributed by atoms with Crippen molar-refractivity contribution in [1.29, 1.82) is 0 Å². The fourth-order valence-corrected chi connectivity index (χ4v) is 1.15. The molecule has 0 spiro atoms. The van der Waals surface area contributed by atoms with Gasteiger partial charge in [0, 0.05) is 0 Å². The Morgan fingerprint density at radius 3 is 3.08 bits per heavy atom. The molecule has 0 aliphatic rings. The third-order valence-electron chi connectivity index (χ3n) is 1.68. The van der Waals surface area contributed by atoms with Crippen molar-refractivity contribution in [2.45, 2.75) is 0 Å². The number of para-hydroxylation sites is 1. The summed E-state index contributed by atoms with van der Waals surface area (Å²) < 4.78 is 13.1. The van der Waals surface area contributed by atoms with E-state index in [0.717, 1.165) is 0 Å². The minimum Gasteiger partial charge on any atom is -0.337 e. The molecule has 4 nitrogen and oxygen atoms in total. The van der Waals surface area contributed by atoms with Gasteiger partial charge in [-0.3, -0.25) is 0 Å². The molecule has 0 amide bonds. The Balaban J connectivity index is 2.68. The van der Waals surface area contributed by atoms with Crippen molar-refractivity contribution in [1.82, 2.24) is 9.97 Å². The minimum atomic E-state index is -0.356. The van der Waals surface area contributed by atoms with Crippen LogP contribution in [-0.2, 0) is 0 Å². The van der Waals surface area contributed by atoms with E-state index < -0.39 is 0 Å². The fraction of sp³-hybridized carbons (Fsp3) is 0. The number of nitrogens with one attached hydrogen (secondary N) is 1. The first-order valence-corrected chi connectivity index (χ1v) is 3.69. The van der Waals surface area contributed by atoms with E-state index in [-0.39, 0.29) is 5.82 Å². The van der Waals surface area contributed by atoms with E-state index >= 15 is 0 Å². The lowest BCUT2D eigenvalue weighted by molar-refractivity contribution is 0.637. The lowest BCUT2D eigenvalue weighted by Gasteiger charge is -1.86. The second-order valence-electron chi connectivity index (χ2n) is 2.54. The highest BCUT2D eigenvalue weighted by Gasteiger charge is 2.04. The highest BCUT2D eigenvalue weighted by atomic mass is 19.1. The van der Waals surface area contributed by atoms with Crippen LogP contribution in [-0.4, -0.2) is 16.2 Å². The average Bonchev–Trinajstić information content (AvgIpc) is 2.49. The zero-order valence-electron chi connectivity index (χ0n) is 6.66. The quantitative estimate of drug-likeness (QED) is 0.388. The Hall–Kier alpha value is -1.91. The molecule has 1 aromatic heterocycles. The number of benzene rings is 1.